The van der Waals surface area contributed by atoms with E-state index < -0.39 is 0 Å². The quantitative estimate of drug-likeness (QED) is 0.916. The van der Waals surface area contributed by atoms with Crippen LogP contribution in [0, 0.1) is 5.92 Å². The summed E-state index contributed by atoms with van der Waals surface area (Å²) in [6, 6.07) is 3.85. The predicted octanol–water partition coefficient (Wildman–Crippen LogP) is 2.45. The first-order chi connectivity index (χ1) is 12.7. The second-order valence-corrected chi connectivity index (χ2v) is 7.29. The third-order valence-electron chi connectivity index (χ3n) is 5.44. The molecule has 1 aliphatic carbocycles. The lowest BCUT2D eigenvalue weighted by Gasteiger charge is -2.26. The monoisotopic (exact) mass is 351 g/mol. The Hall–Kier alpha value is -2.50. The smallest absolute Gasteiger partial charge is 0.225 e. The molecule has 1 aliphatic heterocycles. The van der Waals surface area contributed by atoms with Gasteiger partial charge in [0.2, 0.25) is 11.9 Å². The van der Waals surface area contributed by atoms with Crippen molar-refractivity contribution in [2.45, 2.75) is 45.1 Å². The summed E-state index contributed by atoms with van der Waals surface area (Å²) in [6.45, 7) is 4.10. The fourth-order valence-electron chi connectivity index (χ4n) is 3.84. The van der Waals surface area contributed by atoms with E-state index in [1.54, 1.807) is 12.4 Å². The van der Waals surface area contributed by atoms with Crippen LogP contribution in [-0.4, -0.2) is 33.9 Å². The SMILES string of the molecule is CC(NC(=O)C1CCc2nc(N3CCCC3)ncc2C1)c1cccnc1. The molecular weight excluding hydrogens is 326 g/mol. The molecule has 0 spiro atoms. The molecule has 2 aromatic rings. The summed E-state index contributed by atoms with van der Waals surface area (Å²) in [5, 5.41) is 3.12. The Morgan fingerprint density at radius 2 is 2.15 bits per heavy atom. The molecule has 2 unspecified atom stereocenters. The van der Waals surface area contributed by atoms with Crippen molar-refractivity contribution in [1.82, 2.24) is 20.3 Å². The minimum absolute atomic E-state index is 0.0112. The van der Waals surface area contributed by atoms with Crippen molar-refractivity contribution in [1.29, 1.82) is 0 Å². The second-order valence-electron chi connectivity index (χ2n) is 7.29. The average molecular weight is 351 g/mol. The Labute approximate surface area is 154 Å². The van der Waals surface area contributed by atoms with Crippen LogP contribution in [-0.2, 0) is 17.6 Å². The average Bonchev–Trinajstić information content (AvgIpc) is 3.22. The molecule has 0 bridgehead atoms. The van der Waals surface area contributed by atoms with E-state index in [4.69, 9.17) is 4.98 Å². The third-order valence-corrected chi connectivity index (χ3v) is 5.44. The van der Waals surface area contributed by atoms with Gasteiger partial charge in [0.15, 0.2) is 0 Å². The summed E-state index contributed by atoms with van der Waals surface area (Å²) >= 11 is 0. The van der Waals surface area contributed by atoms with Crippen LogP contribution in [0.2, 0.25) is 0 Å². The Morgan fingerprint density at radius 3 is 2.92 bits per heavy atom. The molecule has 3 heterocycles. The van der Waals surface area contributed by atoms with E-state index in [1.807, 2.05) is 25.3 Å². The maximum Gasteiger partial charge on any atom is 0.225 e. The number of fused-ring (bicyclic) bond motifs is 1. The number of aryl methyl sites for hydroxylation is 1. The molecule has 136 valence electrons. The Morgan fingerprint density at radius 1 is 1.31 bits per heavy atom. The lowest BCUT2D eigenvalue weighted by atomic mass is 9.86. The van der Waals surface area contributed by atoms with Crippen LogP contribution in [0.5, 0.6) is 0 Å². The van der Waals surface area contributed by atoms with E-state index in [2.05, 4.69) is 20.2 Å². The molecule has 2 atom stereocenters. The number of nitrogens with one attached hydrogen (secondary N) is 1. The number of amides is 1. The Bertz CT molecular complexity index is 773. The zero-order valence-electron chi connectivity index (χ0n) is 15.2. The number of carbonyl (C=O) groups excluding carboxylic acids is 1. The van der Waals surface area contributed by atoms with Gasteiger partial charge in [0.05, 0.1) is 6.04 Å². The first kappa shape index (κ1) is 16.9. The second kappa shape index (κ2) is 7.40. The van der Waals surface area contributed by atoms with E-state index in [0.717, 1.165) is 55.1 Å². The van der Waals surface area contributed by atoms with Crippen molar-refractivity contribution < 1.29 is 4.79 Å². The van der Waals surface area contributed by atoms with Crippen molar-refractivity contribution >= 4 is 11.9 Å². The summed E-state index contributed by atoms with van der Waals surface area (Å²) in [4.78, 5) is 28.4. The van der Waals surface area contributed by atoms with Gasteiger partial charge >= 0.3 is 0 Å². The van der Waals surface area contributed by atoms with Gasteiger partial charge in [0.1, 0.15) is 0 Å². The highest BCUT2D eigenvalue weighted by atomic mass is 16.1. The maximum absolute atomic E-state index is 12.7. The number of carbonyl (C=O) groups is 1. The van der Waals surface area contributed by atoms with Crippen LogP contribution >= 0.6 is 0 Å². The summed E-state index contributed by atoms with van der Waals surface area (Å²) in [7, 11) is 0. The third kappa shape index (κ3) is 3.54. The van der Waals surface area contributed by atoms with E-state index in [1.165, 1.54) is 12.8 Å². The normalized spacial score (nSPS) is 20.5. The number of hydrogen-bond donors (Lipinski definition) is 1. The molecule has 0 saturated carbocycles. The van der Waals surface area contributed by atoms with Gasteiger partial charge in [0.25, 0.3) is 0 Å². The molecule has 0 aromatic carbocycles. The lowest BCUT2D eigenvalue weighted by Crippen LogP contribution is -2.36. The van der Waals surface area contributed by atoms with Crippen molar-refractivity contribution in [2.75, 3.05) is 18.0 Å². The van der Waals surface area contributed by atoms with E-state index >= 15 is 0 Å². The molecule has 4 rings (SSSR count). The molecular formula is C20H25N5O. The van der Waals surface area contributed by atoms with Crippen LogP contribution in [0.1, 0.15) is 49.0 Å². The molecule has 6 heteroatoms. The largest absolute Gasteiger partial charge is 0.349 e. The van der Waals surface area contributed by atoms with Gasteiger partial charge in [-0.05, 0) is 56.2 Å². The summed E-state index contributed by atoms with van der Waals surface area (Å²) in [6.07, 6.45) is 10.3. The standard InChI is InChI=1S/C20H25N5O/c1-14(16-5-4-8-21-12-16)23-19(26)15-6-7-18-17(11-15)13-22-20(24-18)25-9-2-3-10-25/h4-5,8,12-15H,2-3,6-7,9-11H2,1H3,(H,23,26). The number of anilines is 1. The zero-order chi connectivity index (χ0) is 17.9. The number of hydrogen-bond acceptors (Lipinski definition) is 5. The topological polar surface area (TPSA) is 71.0 Å². The minimum atomic E-state index is -0.0358. The van der Waals surface area contributed by atoms with Gasteiger partial charge < -0.3 is 10.2 Å². The van der Waals surface area contributed by atoms with E-state index in [-0.39, 0.29) is 17.9 Å². The number of nitrogens with zero attached hydrogens (tertiary/aromatic N) is 4. The summed E-state index contributed by atoms with van der Waals surface area (Å²) < 4.78 is 0. The molecule has 1 fully saturated rings. The van der Waals surface area contributed by atoms with Crippen molar-refractivity contribution in [3.63, 3.8) is 0 Å². The van der Waals surface area contributed by atoms with Gasteiger partial charge in [-0.3, -0.25) is 9.78 Å². The molecule has 0 radical (unpaired) electrons. The van der Waals surface area contributed by atoms with E-state index in [0.29, 0.717) is 0 Å². The highest BCUT2D eigenvalue weighted by molar-refractivity contribution is 5.79. The van der Waals surface area contributed by atoms with Crippen molar-refractivity contribution in [3.05, 3.63) is 47.5 Å². The minimum Gasteiger partial charge on any atom is -0.349 e. The van der Waals surface area contributed by atoms with Crippen molar-refractivity contribution in [2.24, 2.45) is 5.92 Å². The van der Waals surface area contributed by atoms with Crippen LogP contribution < -0.4 is 10.2 Å². The van der Waals surface area contributed by atoms with Crippen LogP contribution in [0.4, 0.5) is 5.95 Å². The molecule has 6 nitrogen and oxygen atoms in total. The first-order valence-corrected chi connectivity index (χ1v) is 9.51. The van der Waals surface area contributed by atoms with Crippen molar-refractivity contribution in [3.8, 4) is 0 Å². The number of aromatic nitrogens is 3. The zero-order valence-corrected chi connectivity index (χ0v) is 15.2. The molecule has 2 aromatic heterocycles. The summed E-state index contributed by atoms with van der Waals surface area (Å²) in [5.41, 5.74) is 3.26. The van der Waals surface area contributed by atoms with E-state index in [9.17, 15) is 4.79 Å². The maximum atomic E-state index is 12.7. The van der Waals surface area contributed by atoms with Gasteiger partial charge in [-0.25, -0.2) is 9.97 Å². The highest BCUT2D eigenvalue weighted by Gasteiger charge is 2.27. The highest BCUT2D eigenvalue weighted by Crippen LogP contribution is 2.27. The van der Waals surface area contributed by atoms with Crippen LogP contribution in [0.3, 0.4) is 0 Å². The van der Waals surface area contributed by atoms with Crippen LogP contribution in [0.15, 0.2) is 30.7 Å². The molecule has 26 heavy (non-hydrogen) atoms. The fraction of sp³-hybridized carbons (Fsp3) is 0.500. The van der Waals surface area contributed by atoms with Gasteiger partial charge in [0, 0.05) is 43.3 Å². The number of pyridine rings is 1. The molecule has 1 saturated heterocycles. The Balaban J connectivity index is 1.40. The molecule has 1 N–H and O–H groups in total. The van der Waals surface area contributed by atoms with Gasteiger partial charge in [-0.1, -0.05) is 6.07 Å². The molecule has 1 amide bonds. The fourth-order valence-corrected chi connectivity index (χ4v) is 3.84. The first-order valence-electron chi connectivity index (χ1n) is 9.51. The summed E-state index contributed by atoms with van der Waals surface area (Å²) in [5.74, 6) is 0.952. The number of rotatable bonds is 4. The Kier molecular flexibility index (Phi) is 4.82. The van der Waals surface area contributed by atoms with Gasteiger partial charge in [-0.15, -0.1) is 0 Å². The van der Waals surface area contributed by atoms with Gasteiger partial charge in [-0.2, -0.15) is 0 Å². The lowest BCUT2D eigenvalue weighted by molar-refractivity contribution is -0.126. The predicted molar refractivity (Wildman–Crippen MR) is 99.8 cm³/mol. The molecule has 2 aliphatic rings. The van der Waals surface area contributed by atoms with Crippen LogP contribution in [0.25, 0.3) is 0 Å².